The molecule has 1 heterocycles. The molecule has 1 aliphatic heterocycles. The van der Waals surface area contributed by atoms with Crippen LogP contribution in [0.25, 0.3) is 0 Å². The number of carbonyl (C=O) groups is 1. The molecule has 1 aromatic rings. The molecule has 1 fully saturated rings. The molecule has 2 N–H and O–H groups in total. The van der Waals surface area contributed by atoms with Crippen molar-refractivity contribution in [2.45, 2.75) is 12.2 Å². The number of nitrogens with zero attached hydrogens (tertiary/aromatic N) is 1. The molecule has 1 aromatic carbocycles. The molecule has 0 saturated carbocycles. The van der Waals surface area contributed by atoms with Crippen LogP contribution in [-0.4, -0.2) is 45.4 Å². The summed E-state index contributed by atoms with van der Waals surface area (Å²) in [5.41, 5.74) is 6.52. The van der Waals surface area contributed by atoms with Crippen molar-refractivity contribution in [1.29, 1.82) is 0 Å². The van der Waals surface area contributed by atoms with Gasteiger partial charge < -0.3 is 10.5 Å². The first-order valence-corrected chi connectivity index (χ1v) is 8.42. The van der Waals surface area contributed by atoms with Gasteiger partial charge in [-0.05, 0) is 36.6 Å². The van der Waals surface area contributed by atoms with Crippen LogP contribution in [0.4, 0.5) is 0 Å². The van der Waals surface area contributed by atoms with Gasteiger partial charge in [-0.1, -0.05) is 12.1 Å². The molecule has 116 valence electrons. The zero-order chi connectivity index (χ0) is 15.5. The van der Waals surface area contributed by atoms with E-state index in [9.17, 15) is 13.2 Å². The van der Waals surface area contributed by atoms with Crippen molar-refractivity contribution in [3.8, 4) is 0 Å². The lowest BCUT2D eigenvalue weighted by Crippen LogP contribution is -2.31. The van der Waals surface area contributed by atoms with Crippen LogP contribution in [0, 0.1) is 5.92 Å². The summed E-state index contributed by atoms with van der Waals surface area (Å²) in [6.07, 6.45) is 0.804. The molecule has 2 rings (SSSR count). The summed E-state index contributed by atoms with van der Waals surface area (Å²) in [6.45, 7) is 1.50. The minimum atomic E-state index is -3.38. The highest BCUT2D eigenvalue weighted by Gasteiger charge is 2.30. The molecule has 1 aliphatic rings. The van der Waals surface area contributed by atoms with Gasteiger partial charge >= 0.3 is 5.97 Å². The minimum Gasteiger partial charge on any atom is -0.465 e. The Morgan fingerprint density at radius 1 is 1.48 bits per heavy atom. The van der Waals surface area contributed by atoms with E-state index >= 15 is 0 Å². The molecular weight excluding hydrogens is 292 g/mol. The van der Waals surface area contributed by atoms with Gasteiger partial charge in [-0.15, -0.1) is 0 Å². The van der Waals surface area contributed by atoms with Crippen molar-refractivity contribution in [2.24, 2.45) is 11.7 Å². The SMILES string of the molecule is COC(=O)c1cccc(CS(=O)(=O)N2CCC(CN)C2)c1. The van der Waals surface area contributed by atoms with Crippen molar-refractivity contribution in [3.63, 3.8) is 0 Å². The van der Waals surface area contributed by atoms with E-state index in [0.717, 1.165) is 6.42 Å². The third kappa shape index (κ3) is 3.81. The largest absolute Gasteiger partial charge is 0.465 e. The molecule has 0 bridgehead atoms. The Morgan fingerprint density at radius 3 is 2.86 bits per heavy atom. The number of rotatable bonds is 5. The molecular formula is C14H20N2O4S. The van der Waals surface area contributed by atoms with Crippen LogP contribution >= 0.6 is 0 Å². The van der Waals surface area contributed by atoms with Crippen LogP contribution in [0.15, 0.2) is 24.3 Å². The Hall–Kier alpha value is -1.44. The highest BCUT2D eigenvalue weighted by molar-refractivity contribution is 7.88. The number of carbonyl (C=O) groups excluding carboxylic acids is 1. The van der Waals surface area contributed by atoms with E-state index < -0.39 is 16.0 Å². The van der Waals surface area contributed by atoms with Gasteiger partial charge in [-0.3, -0.25) is 0 Å². The predicted molar refractivity (Wildman–Crippen MR) is 79.1 cm³/mol. The summed E-state index contributed by atoms with van der Waals surface area (Å²) in [7, 11) is -2.09. The molecule has 21 heavy (non-hydrogen) atoms. The van der Waals surface area contributed by atoms with Gasteiger partial charge in [0.1, 0.15) is 0 Å². The van der Waals surface area contributed by atoms with Crippen molar-refractivity contribution in [2.75, 3.05) is 26.7 Å². The molecule has 0 spiro atoms. The van der Waals surface area contributed by atoms with Gasteiger partial charge in [0.15, 0.2) is 0 Å². The summed E-state index contributed by atoms with van der Waals surface area (Å²) in [5, 5.41) is 0. The smallest absolute Gasteiger partial charge is 0.337 e. The van der Waals surface area contributed by atoms with Gasteiger partial charge in [0.05, 0.1) is 18.4 Å². The Balaban J connectivity index is 2.12. The highest BCUT2D eigenvalue weighted by atomic mass is 32.2. The molecule has 1 saturated heterocycles. The van der Waals surface area contributed by atoms with Crippen LogP contribution in [0.5, 0.6) is 0 Å². The fourth-order valence-corrected chi connectivity index (χ4v) is 4.05. The van der Waals surface area contributed by atoms with E-state index in [1.54, 1.807) is 24.3 Å². The molecule has 1 unspecified atom stereocenters. The van der Waals surface area contributed by atoms with Gasteiger partial charge in [-0.25, -0.2) is 17.5 Å². The number of esters is 1. The molecule has 0 aliphatic carbocycles. The maximum absolute atomic E-state index is 12.4. The van der Waals surface area contributed by atoms with Crippen LogP contribution in [0.2, 0.25) is 0 Å². The van der Waals surface area contributed by atoms with Gasteiger partial charge in [0.2, 0.25) is 10.0 Å². The van der Waals surface area contributed by atoms with Gasteiger partial charge in [-0.2, -0.15) is 0 Å². The van der Waals surface area contributed by atoms with Crippen molar-refractivity contribution in [1.82, 2.24) is 4.31 Å². The first-order chi connectivity index (χ1) is 9.96. The second-order valence-corrected chi connectivity index (χ2v) is 7.17. The second kappa shape index (κ2) is 6.55. The van der Waals surface area contributed by atoms with Crippen LogP contribution in [0.3, 0.4) is 0 Å². The zero-order valence-corrected chi connectivity index (χ0v) is 12.8. The third-order valence-corrected chi connectivity index (χ3v) is 5.49. The number of nitrogens with two attached hydrogens (primary N) is 1. The second-order valence-electron chi connectivity index (χ2n) is 5.20. The first-order valence-electron chi connectivity index (χ1n) is 6.81. The Bertz CT molecular complexity index is 615. The van der Waals surface area contributed by atoms with E-state index in [4.69, 9.17) is 5.73 Å². The number of methoxy groups -OCH3 is 1. The zero-order valence-electron chi connectivity index (χ0n) is 12.0. The Labute approximate surface area is 124 Å². The van der Waals surface area contributed by atoms with Gasteiger partial charge in [0, 0.05) is 13.1 Å². The van der Waals surface area contributed by atoms with E-state index in [0.29, 0.717) is 30.8 Å². The van der Waals surface area contributed by atoms with E-state index in [1.807, 2.05) is 0 Å². The van der Waals surface area contributed by atoms with E-state index in [-0.39, 0.29) is 11.7 Å². The lowest BCUT2D eigenvalue weighted by atomic mass is 10.1. The fraction of sp³-hybridized carbons (Fsp3) is 0.500. The molecule has 0 amide bonds. The van der Waals surface area contributed by atoms with Crippen molar-refractivity contribution in [3.05, 3.63) is 35.4 Å². The lowest BCUT2D eigenvalue weighted by Gasteiger charge is -2.16. The standard InChI is InChI=1S/C14H20N2O4S/c1-20-14(17)13-4-2-3-11(7-13)10-21(18,19)16-6-5-12(8-15)9-16/h2-4,7,12H,5-6,8-10,15H2,1H3. The topological polar surface area (TPSA) is 89.7 Å². The summed E-state index contributed by atoms with van der Waals surface area (Å²) in [6, 6.07) is 6.51. The highest BCUT2D eigenvalue weighted by Crippen LogP contribution is 2.21. The van der Waals surface area contributed by atoms with Crippen LogP contribution < -0.4 is 5.73 Å². The summed E-state index contributed by atoms with van der Waals surface area (Å²) in [4.78, 5) is 11.5. The summed E-state index contributed by atoms with van der Waals surface area (Å²) in [5.74, 6) is -0.352. The summed E-state index contributed by atoms with van der Waals surface area (Å²) < 4.78 is 30.9. The average molecular weight is 312 g/mol. The predicted octanol–water partition coefficient (Wildman–Crippen LogP) is 0.584. The number of sulfonamides is 1. The maximum atomic E-state index is 12.4. The van der Waals surface area contributed by atoms with Gasteiger partial charge in [0.25, 0.3) is 0 Å². The summed E-state index contributed by atoms with van der Waals surface area (Å²) >= 11 is 0. The third-order valence-electron chi connectivity index (χ3n) is 3.67. The monoisotopic (exact) mass is 312 g/mol. The van der Waals surface area contributed by atoms with E-state index in [2.05, 4.69) is 4.74 Å². The van der Waals surface area contributed by atoms with Crippen molar-refractivity contribution < 1.29 is 17.9 Å². The maximum Gasteiger partial charge on any atom is 0.337 e. The van der Waals surface area contributed by atoms with Crippen LogP contribution in [-0.2, 0) is 20.5 Å². The molecule has 0 radical (unpaired) electrons. The van der Waals surface area contributed by atoms with E-state index in [1.165, 1.54) is 11.4 Å². The van der Waals surface area contributed by atoms with Crippen LogP contribution in [0.1, 0.15) is 22.3 Å². The first kappa shape index (κ1) is 15.9. The minimum absolute atomic E-state index is 0.116. The fourth-order valence-electron chi connectivity index (χ4n) is 2.45. The Morgan fingerprint density at radius 2 is 2.24 bits per heavy atom. The average Bonchev–Trinajstić information content (AvgIpc) is 2.96. The van der Waals surface area contributed by atoms with Crippen molar-refractivity contribution >= 4 is 16.0 Å². The molecule has 0 aromatic heterocycles. The molecule has 7 heteroatoms. The molecule has 6 nitrogen and oxygen atoms in total. The number of hydrogen-bond acceptors (Lipinski definition) is 5. The quantitative estimate of drug-likeness (QED) is 0.803. The lowest BCUT2D eigenvalue weighted by molar-refractivity contribution is 0.0600. The number of hydrogen-bond donors (Lipinski definition) is 1. The Kier molecular flexibility index (Phi) is 4.97. The normalized spacial score (nSPS) is 19.6. The number of benzene rings is 1. The molecule has 1 atom stereocenters. The number of ether oxygens (including phenoxy) is 1.